The molecule has 0 bridgehead atoms. The van der Waals surface area contributed by atoms with E-state index in [1.54, 1.807) is 0 Å². The van der Waals surface area contributed by atoms with Crippen molar-refractivity contribution >= 4 is 44.6 Å². The Morgan fingerprint density at radius 1 is 0.645 bits per heavy atom. The van der Waals surface area contributed by atoms with E-state index in [-0.39, 0.29) is 0 Å². The first kappa shape index (κ1) is 17.3. The van der Waals surface area contributed by atoms with Crippen LogP contribution in [0.4, 0.5) is 0 Å². The summed E-state index contributed by atoms with van der Waals surface area (Å²) in [7, 11) is 0. The second-order valence-corrected chi connectivity index (χ2v) is 9.27. The summed E-state index contributed by atoms with van der Waals surface area (Å²) in [5.74, 6) is 0. The van der Waals surface area contributed by atoms with E-state index in [0.29, 0.717) is 6.71 Å². The van der Waals surface area contributed by atoms with Crippen LogP contribution in [-0.2, 0) is 12.8 Å². The van der Waals surface area contributed by atoms with Crippen molar-refractivity contribution in [3.05, 3.63) is 106 Å². The second kappa shape index (κ2) is 6.07. The molecule has 0 saturated carbocycles. The standard InChI is InChI=1S/C29H22BN/c1-17-11-19-7-3-5-9-23(19)25-13-21-15-31-16-22-14-26-24-10-6-4-8-20(24)12-18(2)28(26)30(27(17)25)29(21)22/h3-12,15-16H,13-14H2,1-2H3. The highest BCUT2D eigenvalue weighted by Gasteiger charge is 2.39. The predicted molar refractivity (Wildman–Crippen MR) is 132 cm³/mol. The molecule has 0 spiro atoms. The van der Waals surface area contributed by atoms with E-state index in [1.807, 2.05) is 0 Å². The summed E-state index contributed by atoms with van der Waals surface area (Å²) in [5, 5.41) is 5.48. The first-order chi connectivity index (χ1) is 15.2. The molecule has 2 aliphatic rings. The third kappa shape index (κ3) is 2.25. The summed E-state index contributed by atoms with van der Waals surface area (Å²) in [6.45, 7) is 4.92. The lowest BCUT2D eigenvalue weighted by atomic mass is 9.29. The molecule has 5 aromatic rings. The fraction of sp³-hybridized carbons (Fsp3) is 0.138. The number of fused-ring (bicyclic) bond motifs is 8. The Morgan fingerprint density at radius 3 is 1.65 bits per heavy atom. The Labute approximate surface area is 182 Å². The third-order valence-corrected chi connectivity index (χ3v) is 7.57. The van der Waals surface area contributed by atoms with Crippen LogP contribution in [0, 0.1) is 13.8 Å². The number of hydrogen-bond acceptors (Lipinski definition) is 1. The molecule has 0 N–H and O–H groups in total. The molecule has 0 saturated heterocycles. The molecular formula is C29H22BN. The van der Waals surface area contributed by atoms with Gasteiger partial charge in [-0.1, -0.05) is 88.2 Å². The zero-order valence-corrected chi connectivity index (χ0v) is 17.9. The Balaban J connectivity index is 1.65. The quantitative estimate of drug-likeness (QED) is 0.349. The van der Waals surface area contributed by atoms with Gasteiger partial charge >= 0.3 is 0 Å². The van der Waals surface area contributed by atoms with Crippen molar-refractivity contribution in [3.8, 4) is 0 Å². The molecule has 1 aromatic heterocycles. The SMILES string of the molecule is Cc1cc2ccccc2c2c1B1c3c(cncc3Cc3c1c(C)cc1ccccc31)C2. The van der Waals surface area contributed by atoms with Crippen molar-refractivity contribution in [2.45, 2.75) is 26.7 Å². The monoisotopic (exact) mass is 395 g/mol. The molecule has 1 nitrogen and oxygen atoms in total. The van der Waals surface area contributed by atoms with Gasteiger partial charge in [0.1, 0.15) is 0 Å². The summed E-state index contributed by atoms with van der Waals surface area (Å²) in [5.41, 5.74) is 13.2. The number of pyridine rings is 1. The molecule has 31 heavy (non-hydrogen) atoms. The Kier molecular flexibility index (Phi) is 3.39. The lowest BCUT2D eigenvalue weighted by Gasteiger charge is -2.36. The summed E-state index contributed by atoms with van der Waals surface area (Å²) in [6.07, 6.45) is 6.19. The fourth-order valence-corrected chi connectivity index (χ4v) is 6.40. The second-order valence-electron chi connectivity index (χ2n) is 9.27. The van der Waals surface area contributed by atoms with Gasteiger partial charge in [0.15, 0.2) is 0 Å². The molecule has 3 heterocycles. The highest BCUT2D eigenvalue weighted by atomic mass is 14.6. The molecule has 4 aromatic carbocycles. The van der Waals surface area contributed by atoms with Gasteiger partial charge in [-0.3, -0.25) is 4.98 Å². The summed E-state index contributed by atoms with van der Waals surface area (Å²) < 4.78 is 0. The molecule has 0 amide bonds. The molecule has 0 aliphatic carbocycles. The number of benzene rings is 4. The molecular weight excluding hydrogens is 373 g/mol. The first-order valence-corrected chi connectivity index (χ1v) is 11.2. The lowest BCUT2D eigenvalue weighted by Crippen LogP contribution is -2.62. The molecule has 146 valence electrons. The van der Waals surface area contributed by atoms with Crippen LogP contribution in [0.5, 0.6) is 0 Å². The van der Waals surface area contributed by atoms with Gasteiger partial charge in [-0.05, 0) is 70.5 Å². The summed E-state index contributed by atoms with van der Waals surface area (Å²) in [4.78, 5) is 4.69. The van der Waals surface area contributed by atoms with Gasteiger partial charge in [-0.2, -0.15) is 0 Å². The van der Waals surface area contributed by atoms with E-state index >= 15 is 0 Å². The zero-order chi connectivity index (χ0) is 20.7. The van der Waals surface area contributed by atoms with Gasteiger partial charge in [0.05, 0.1) is 0 Å². The van der Waals surface area contributed by atoms with Crippen LogP contribution in [0.25, 0.3) is 21.5 Å². The normalized spacial score (nSPS) is 13.8. The van der Waals surface area contributed by atoms with Crippen LogP contribution in [0.1, 0.15) is 33.4 Å². The minimum absolute atomic E-state index is 0.301. The first-order valence-electron chi connectivity index (χ1n) is 11.2. The Morgan fingerprint density at radius 2 is 1.13 bits per heavy atom. The average Bonchev–Trinajstić information content (AvgIpc) is 2.79. The number of aryl methyl sites for hydroxylation is 2. The zero-order valence-electron chi connectivity index (χ0n) is 17.9. The molecule has 0 unspecified atom stereocenters. The highest BCUT2D eigenvalue weighted by molar-refractivity contribution is 6.98. The van der Waals surface area contributed by atoms with E-state index in [9.17, 15) is 0 Å². The van der Waals surface area contributed by atoms with Crippen LogP contribution in [-0.4, -0.2) is 11.7 Å². The van der Waals surface area contributed by atoms with Crippen LogP contribution in [0.15, 0.2) is 73.1 Å². The largest absolute Gasteiger partial charge is 0.264 e. The van der Waals surface area contributed by atoms with E-state index in [2.05, 4.69) is 91.9 Å². The van der Waals surface area contributed by atoms with Crippen LogP contribution in [0.3, 0.4) is 0 Å². The maximum Gasteiger partial charge on any atom is 0.243 e. The maximum atomic E-state index is 4.69. The minimum atomic E-state index is 0.301. The van der Waals surface area contributed by atoms with Gasteiger partial charge in [0, 0.05) is 12.4 Å². The number of nitrogens with zero attached hydrogens (tertiary/aromatic N) is 1. The molecule has 2 heteroatoms. The van der Waals surface area contributed by atoms with E-state index in [4.69, 9.17) is 0 Å². The van der Waals surface area contributed by atoms with E-state index < -0.39 is 0 Å². The summed E-state index contributed by atoms with van der Waals surface area (Å²) in [6, 6.07) is 22.5. The molecule has 0 fully saturated rings. The number of rotatable bonds is 0. The molecule has 2 aliphatic heterocycles. The van der Waals surface area contributed by atoms with Crippen LogP contribution < -0.4 is 16.4 Å². The Bertz CT molecular complexity index is 1450. The number of aromatic nitrogens is 1. The van der Waals surface area contributed by atoms with Crippen molar-refractivity contribution < 1.29 is 0 Å². The van der Waals surface area contributed by atoms with Crippen molar-refractivity contribution in [1.29, 1.82) is 0 Å². The van der Waals surface area contributed by atoms with Gasteiger partial charge < -0.3 is 0 Å². The number of hydrogen-bond donors (Lipinski definition) is 0. The maximum absolute atomic E-state index is 4.69. The smallest absolute Gasteiger partial charge is 0.243 e. The van der Waals surface area contributed by atoms with Crippen LogP contribution >= 0.6 is 0 Å². The third-order valence-electron chi connectivity index (χ3n) is 7.57. The average molecular weight is 395 g/mol. The molecule has 7 rings (SSSR count). The van der Waals surface area contributed by atoms with Crippen molar-refractivity contribution in [2.24, 2.45) is 0 Å². The fourth-order valence-electron chi connectivity index (χ4n) is 6.40. The van der Waals surface area contributed by atoms with Gasteiger partial charge in [-0.25, -0.2) is 0 Å². The van der Waals surface area contributed by atoms with Crippen molar-refractivity contribution in [3.63, 3.8) is 0 Å². The predicted octanol–water partition coefficient (Wildman–Crippen LogP) is 4.33. The lowest BCUT2D eigenvalue weighted by molar-refractivity contribution is 1.10. The van der Waals surface area contributed by atoms with Gasteiger partial charge in [0.25, 0.3) is 0 Å². The minimum Gasteiger partial charge on any atom is -0.264 e. The topological polar surface area (TPSA) is 12.9 Å². The highest BCUT2D eigenvalue weighted by Crippen LogP contribution is 2.31. The summed E-state index contributed by atoms with van der Waals surface area (Å²) >= 11 is 0. The van der Waals surface area contributed by atoms with Gasteiger partial charge in [-0.15, -0.1) is 0 Å². The van der Waals surface area contributed by atoms with E-state index in [0.717, 1.165) is 12.8 Å². The van der Waals surface area contributed by atoms with Crippen LogP contribution in [0.2, 0.25) is 0 Å². The molecule has 0 atom stereocenters. The van der Waals surface area contributed by atoms with E-state index in [1.165, 1.54) is 71.3 Å². The Hall–Kier alpha value is -3.39. The van der Waals surface area contributed by atoms with Crippen molar-refractivity contribution in [1.82, 2.24) is 4.98 Å². The van der Waals surface area contributed by atoms with Crippen molar-refractivity contribution in [2.75, 3.05) is 0 Å². The molecule has 0 radical (unpaired) electrons. The van der Waals surface area contributed by atoms with Gasteiger partial charge in [0.2, 0.25) is 6.71 Å².